The highest BCUT2D eigenvalue weighted by molar-refractivity contribution is 5.96. The Morgan fingerprint density at radius 1 is 1.11 bits per heavy atom. The number of fused-ring (bicyclic) bond motifs is 2. The number of amides is 1. The number of hydrogen-bond donors (Lipinski definition) is 1. The van der Waals surface area contributed by atoms with Crippen LogP contribution >= 0.6 is 0 Å². The van der Waals surface area contributed by atoms with Crippen LogP contribution in [-0.4, -0.2) is 48.8 Å². The number of rotatable bonds is 6. The van der Waals surface area contributed by atoms with E-state index in [1.165, 1.54) is 5.56 Å². The lowest BCUT2D eigenvalue weighted by Gasteiger charge is -2.36. The highest BCUT2D eigenvalue weighted by Gasteiger charge is 2.57. The fourth-order valence-corrected chi connectivity index (χ4v) is 5.10. The van der Waals surface area contributed by atoms with Crippen molar-refractivity contribution in [2.24, 2.45) is 5.41 Å². The number of aliphatic hydroxyl groups is 1. The van der Waals surface area contributed by atoms with Crippen molar-refractivity contribution in [1.29, 1.82) is 0 Å². The number of carbonyl (C=O) groups is 1. The van der Waals surface area contributed by atoms with Crippen LogP contribution in [0.1, 0.15) is 35.2 Å². The Kier molecular flexibility index (Phi) is 5.02. The number of benzene rings is 2. The van der Waals surface area contributed by atoms with Gasteiger partial charge in [-0.3, -0.25) is 4.79 Å². The molecule has 5 nitrogen and oxygen atoms in total. The molecule has 2 aliphatic rings. The molecule has 2 fully saturated rings. The number of aliphatic hydroxyl groups excluding tert-OH is 1. The van der Waals surface area contributed by atoms with Gasteiger partial charge in [0.05, 0.1) is 20.8 Å². The van der Waals surface area contributed by atoms with E-state index in [0.717, 1.165) is 25.7 Å². The van der Waals surface area contributed by atoms with Crippen LogP contribution in [0.15, 0.2) is 48.5 Å². The first-order chi connectivity index (χ1) is 13.6. The standard InChI is InChI=1S/C23H27NO4/c1-27-19-10-17(11-20(12-19)28-2)22(26)24-18-8-9-21(24)23(14-18,15-25)13-16-6-4-3-5-7-16/h3-7,10-12,18,21,25H,8-9,13-15H2,1-2H3/t18-,21+,23-/m0/s1. The van der Waals surface area contributed by atoms with E-state index in [0.29, 0.717) is 17.1 Å². The molecule has 0 aliphatic carbocycles. The fourth-order valence-electron chi connectivity index (χ4n) is 5.10. The van der Waals surface area contributed by atoms with Gasteiger partial charge in [-0.1, -0.05) is 30.3 Å². The van der Waals surface area contributed by atoms with Crippen molar-refractivity contribution in [3.63, 3.8) is 0 Å². The maximum atomic E-state index is 13.4. The van der Waals surface area contributed by atoms with Gasteiger partial charge in [0.25, 0.3) is 5.91 Å². The summed E-state index contributed by atoms with van der Waals surface area (Å²) >= 11 is 0. The highest BCUT2D eigenvalue weighted by Crippen LogP contribution is 2.51. The molecule has 3 atom stereocenters. The summed E-state index contributed by atoms with van der Waals surface area (Å²) in [6.45, 7) is 0.0915. The van der Waals surface area contributed by atoms with E-state index in [4.69, 9.17) is 9.47 Å². The zero-order valence-corrected chi connectivity index (χ0v) is 16.4. The lowest BCUT2D eigenvalue weighted by atomic mass is 9.70. The van der Waals surface area contributed by atoms with Crippen LogP contribution in [0, 0.1) is 5.41 Å². The maximum Gasteiger partial charge on any atom is 0.254 e. The smallest absolute Gasteiger partial charge is 0.254 e. The minimum absolute atomic E-state index is 0.00640. The van der Waals surface area contributed by atoms with E-state index < -0.39 is 0 Å². The van der Waals surface area contributed by atoms with Crippen molar-refractivity contribution in [1.82, 2.24) is 4.90 Å². The molecule has 4 rings (SSSR count). The Balaban J connectivity index is 1.63. The molecule has 2 aromatic carbocycles. The van der Waals surface area contributed by atoms with Gasteiger partial charge in [0, 0.05) is 29.1 Å². The Morgan fingerprint density at radius 2 is 1.79 bits per heavy atom. The zero-order chi connectivity index (χ0) is 19.7. The number of hydrogen-bond acceptors (Lipinski definition) is 4. The predicted molar refractivity (Wildman–Crippen MR) is 107 cm³/mol. The molecule has 0 saturated carbocycles. The molecule has 2 heterocycles. The summed E-state index contributed by atoms with van der Waals surface area (Å²) < 4.78 is 10.7. The van der Waals surface area contributed by atoms with Gasteiger partial charge in [-0.15, -0.1) is 0 Å². The Morgan fingerprint density at radius 3 is 2.39 bits per heavy atom. The molecule has 5 heteroatoms. The van der Waals surface area contributed by atoms with E-state index in [9.17, 15) is 9.90 Å². The monoisotopic (exact) mass is 381 g/mol. The molecule has 1 amide bonds. The van der Waals surface area contributed by atoms with Gasteiger partial charge in [-0.05, 0) is 43.4 Å². The molecular weight excluding hydrogens is 354 g/mol. The average Bonchev–Trinajstić information content (AvgIpc) is 3.29. The van der Waals surface area contributed by atoms with Crippen LogP contribution in [-0.2, 0) is 6.42 Å². The van der Waals surface area contributed by atoms with Gasteiger partial charge in [0.1, 0.15) is 11.5 Å². The Bertz CT molecular complexity index is 831. The maximum absolute atomic E-state index is 13.4. The molecule has 0 spiro atoms. The lowest BCUT2D eigenvalue weighted by Crippen LogP contribution is -2.43. The SMILES string of the molecule is COc1cc(OC)cc(C(=O)N2[C@H]3CC[C@@H]2[C@@](CO)(Cc2ccccc2)C3)c1. The molecule has 1 N–H and O–H groups in total. The summed E-state index contributed by atoms with van der Waals surface area (Å²) in [5, 5.41) is 10.4. The first-order valence-corrected chi connectivity index (χ1v) is 9.81. The van der Waals surface area contributed by atoms with Crippen LogP contribution in [0.3, 0.4) is 0 Å². The van der Waals surface area contributed by atoms with Crippen LogP contribution < -0.4 is 9.47 Å². The number of nitrogens with zero attached hydrogens (tertiary/aromatic N) is 1. The van der Waals surface area contributed by atoms with Gasteiger partial charge in [-0.2, -0.15) is 0 Å². The van der Waals surface area contributed by atoms with E-state index >= 15 is 0 Å². The fraction of sp³-hybridized carbons (Fsp3) is 0.435. The van der Waals surface area contributed by atoms with Crippen molar-refractivity contribution in [3.05, 3.63) is 59.7 Å². The largest absolute Gasteiger partial charge is 0.497 e. The minimum Gasteiger partial charge on any atom is -0.497 e. The Labute approximate surface area is 165 Å². The lowest BCUT2D eigenvalue weighted by molar-refractivity contribution is 0.0570. The van der Waals surface area contributed by atoms with Crippen LogP contribution in [0.2, 0.25) is 0 Å². The predicted octanol–water partition coefficient (Wildman–Crippen LogP) is 3.30. The first-order valence-electron chi connectivity index (χ1n) is 9.81. The summed E-state index contributed by atoms with van der Waals surface area (Å²) in [5.41, 5.74) is 1.50. The average molecular weight is 381 g/mol. The quantitative estimate of drug-likeness (QED) is 0.834. The molecule has 2 saturated heterocycles. The zero-order valence-electron chi connectivity index (χ0n) is 16.4. The van der Waals surface area contributed by atoms with Crippen molar-refractivity contribution < 1.29 is 19.4 Å². The topological polar surface area (TPSA) is 59.0 Å². The van der Waals surface area contributed by atoms with Crippen LogP contribution in [0.4, 0.5) is 0 Å². The van der Waals surface area contributed by atoms with Crippen molar-refractivity contribution in [2.45, 2.75) is 37.8 Å². The molecule has 148 valence electrons. The van der Waals surface area contributed by atoms with E-state index in [-0.39, 0.29) is 30.0 Å². The molecule has 2 aromatic rings. The second kappa shape index (κ2) is 7.47. The molecular formula is C23H27NO4. The van der Waals surface area contributed by atoms with Crippen LogP contribution in [0.25, 0.3) is 0 Å². The van der Waals surface area contributed by atoms with Gasteiger partial charge in [0.2, 0.25) is 0 Å². The molecule has 0 unspecified atom stereocenters. The third-order valence-electron chi connectivity index (χ3n) is 6.40. The summed E-state index contributed by atoms with van der Waals surface area (Å²) in [6.07, 6.45) is 3.56. The number of ether oxygens (including phenoxy) is 2. The molecule has 2 bridgehead atoms. The van der Waals surface area contributed by atoms with Crippen LogP contribution in [0.5, 0.6) is 11.5 Å². The van der Waals surface area contributed by atoms with Crippen molar-refractivity contribution in [3.8, 4) is 11.5 Å². The summed E-state index contributed by atoms with van der Waals surface area (Å²) in [6, 6.07) is 15.8. The third kappa shape index (κ3) is 3.14. The molecule has 0 aromatic heterocycles. The normalized spacial score (nSPS) is 25.8. The van der Waals surface area contributed by atoms with E-state index in [2.05, 4.69) is 12.1 Å². The number of methoxy groups -OCH3 is 2. The van der Waals surface area contributed by atoms with Gasteiger partial charge in [-0.25, -0.2) is 0 Å². The summed E-state index contributed by atoms with van der Waals surface area (Å²) in [4.78, 5) is 15.4. The van der Waals surface area contributed by atoms with Gasteiger partial charge >= 0.3 is 0 Å². The van der Waals surface area contributed by atoms with E-state index in [1.54, 1.807) is 32.4 Å². The molecule has 0 radical (unpaired) electrons. The van der Waals surface area contributed by atoms with Crippen molar-refractivity contribution >= 4 is 5.91 Å². The van der Waals surface area contributed by atoms with Gasteiger partial charge in [0.15, 0.2) is 0 Å². The van der Waals surface area contributed by atoms with Gasteiger partial charge < -0.3 is 19.5 Å². The Hall–Kier alpha value is -2.53. The first kappa shape index (κ1) is 18.8. The van der Waals surface area contributed by atoms with E-state index in [1.807, 2.05) is 23.1 Å². The minimum atomic E-state index is -0.275. The number of carbonyl (C=O) groups excluding carboxylic acids is 1. The highest BCUT2D eigenvalue weighted by atomic mass is 16.5. The third-order valence-corrected chi connectivity index (χ3v) is 6.40. The second-order valence-corrected chi connectivity index (χ2v) is 7.95. The molecule has 28 heavy (non-hydrogen) atoms. The summed E-state index contributed by atoms with van der Waals surface area (Å²) in [5.74, 6) is 1.20. The molecule has 2 aliphatic heterocycles. The van der Waals surface area contributed by atoms with Crippen molar-refractivity contribution in [2.75, 3.05) is 20.8 Å². The summed E-state index contributed by atoms with van der Waals surface area (Å²) in [7, 11) is 3.17. The second-order valence-electron chi connectivity index (χ2n) is 7.95.